The first-order chi connectivity index (χ1) is 6.88. The summed E-state index contributed by atoms with van der Waals surface area (Å²) in [6.07, 6.45) is 15.9. The Morgan fingerprint density at radius 3 is 1.71 bits per heavy atom. The van der Waals surface area contributed by atoms with Gasteiger partial charge in [-0.3, -0.25) is 4.79 Å². The van der Waals surface area contributed by atoms with Gasteiger partial charge in [-0.05, 0) is 36.8 Å². The van der Waals surface area contributed by atoms with Crippen LogP contribution in [0.25, 0.3) is 0 Å². The van der Waals surface area contributed by atoms with Gasteiger partial charge in [0.2, 0.25) is 0 Å². The van der Waals surface area contributed by atoms with Crippen molar-refractivity contribution in [3.05, 3.63) is 47.6 Å². The largest absolute Gasteiger partial charge is 0.289 e. The van der Waals surface area contributed by atoms with Crippen molar-refractivity contribution in [2.45, 2.75) is 25.7 Å². The van der Waals surface area contributed by atoms with Gasteiger partial charge in [0.05, 0.1) is 0 Å². The van der Waals surface area contributed by atoms with Gasteiger partial charge in [0.15, 0.2) is 5.78 Å². The highest BCUT2D eigenvalue weighted by Crippen LogP contribution is 2.20. The summed E-state index contributed by atoms with van der Waals surface area (Å²) in [7, 11) is 0. The van der Waals surface area contributed by atoms with Gasteiger partial charge in [-0.1, -0.05) is 36.5 Å². The molecule has 0 saturated carbocycles. The Labute approximate surface area is 84.5 Å². The molecule has 0 heterocycles. The Kier molecular flexibility index (Phi) is 2.78. The minimum absolute atomic E-state index is 0.249. The molecular formula is C13H14O. The molecule has 14 heavy (non-hydrogen) atoms. The maximum atomic E-state index is 11.9. The van der Waals surface area contributed by atoms with Crippen LogP contribution in [0.4, 0.5) is 0 Å². The fourth-order valence-electron chi connectivity index (χ4n) is 1.78. The predicted octanol–water partition coefficient (Wildman–Crippen LogP) is 3.11. The number of carbonyl (C=O) groups excluding carboxylic acids is 1. The van der Waals surface area contributed by atoms with E-state index in [-0.39, 0.29) is 5.78 Å². The van der Waals surface area contributed by atoms with Crippen LogP contribution in [0.1, 0.15) is 25.7 Å². The van der Waals surface area contributed by atoms with E-state index < -0.39 is 0 Å². The van der Waals surface area contributed by atoms with Gasteiger partial charge < -0.3 is 0 Å². The molecule has 1 nitrogen and oxygen atoms in total. The summed E-state index contributed by atoms with van der Waals surface area (Å²) in [4.78, 5) is 11.9. The van der Waals surface area contributed by atoms with Crippen LogP contribution in [0.2, 0.25) is 0 Å². The molecule has 0 fully saturated rings. The molecule has 0 atom stereocenters. The topological polar surface area (TPSA) is 17.1 Å². The lowest BCUT2D eigenvalue weighted by Crippen LogP contribution is -2.08. The number of rotatable bonds is 2. The zero-order valence-electron chi connectivity index (χ0n) is 8.20. The van der Waals surface area contributed by atoms with Crippen molar-refractivity contribution in [1.82, 2.24) is 0 Å². The maximum absolute atomic E-state index is 11.9. The molecule has 0 aliphatic heterocycles. The summed E-state index contributed by atoms with van der Waals surface area (Å²) in [5.41, 5.74) is 1.93. The third-order valence-corrected chi connectivity index (χ3v) is 2.59. The van der Waals surface area contributed by atoms with Crippen molar-refractivity contribution in [1.29, 1.82) is 0 Å². The van der Waals surface area contributed by atoms with Crippen LogP contribution in [0.5, 0.6) is 0 Å². The van der Waals surface area contributed by atoms with Crippen molar-refractivity contribution >= 4 is 5.78 Å². The van der Waals surface area contributed by atoms with E-state index in [2.05, 4.69) is 24.3 Å². The summed E-state index contributed by atoms with van der Waals surface area (Å²) in [6, 6.07) is 0. The first-order valence-corrected chi connectivity index (χ1v) is 5.10. The summed E-state index contributed by atoms with van der Waals surface area (Å²) >= 11 is 0. The Hall–Kier alpha value is -1.37. The Morgan fingerprint density at radius 2 is 1.36 bits per heavy atom. The van der Waals surface area contributed by atoms with E-state index in [1.807, 2.05) is 12.2 Å². The molecule has 0 aromatic heterocycles. The molecule has 0 unspecified atom stereocenters. The minimum atomic E-state index is 0.249. The third kappa shape index (κ3) is 1.92. The van der Waals surface area contributed by atoms with E-state index in [0.717, 1.165) is 36.8 Å². The number of hydrogen-bond acceptors (Lipinski definition) is 1. The number of carbonyl (C=O) groups is 1. The van der Waals surface area contributed by atoms with Crippen LogP contribution >= 0.6 is 0 Å². The summed E-state index contributed by atoms with van der Waals surface area (Å²) < 4.78 is 0. The fourth-order valence-corrected chi connectivity index (χ4v) is 1.78. The predicted molar refractivity (Wildman–Crippen MR) is 57.9 cm³/mol. The molecular weight excluding hydrogens is 172 g/mol. The molecule has 0 amide bonds. The number of ketones is 1. The Bertz CT molecular complexity index is 319. The molecule has 2 rings (SSSR count). The highest BCUT2D eigenvalue weighted by molar-refractivity contribution is 6.08. The van der Waals surface area contributed by atoms with Crippen LogP contribution in [-0.4, -0.2) is 5.78 Å². The lowest BCUT2D eigenvalue weighted by atomic mass is 9.93. The zero-order valence-corrected chi connectivity index (χ0v) is 8.20. The monoisotopic (exact) mass is 186 g/mol. The van der Waals surface area contributed by atoms with Crippen LogP contribution in [0.15, 0.2) is 47.6 Å². The van der Waals surface area contributed by atoms with Crippen molar-refractivity contribution < 1.29 is 4.79 Å². The van der Waals surface area contributed by atoms with Gasteiger partial charge >= 0.3 is 0 Å². The molecule has 72 valence electrons. The average molecular weight is 186 g/mol. The Balaban J connectivity index is 2.08. The smallest absolute Gasteiger partial charge is 0.185 e. The molecule has 0 N–H and O–H groups in total. The number of Topliss-reactive ketones (excluding diaryl/α,β-unsaturated/α-hetero) is 1. The van der Waals surface area contributed by atoms with Crippen LogP contribution in [0, 0.1) is 0 Å². The molecule has 2 aliphatic carbocycles. The summed E-state index contributed by atoms with van der Waals surface area (Å²) in [5.74, 6) is 0.249. The molecule has 0 aromatic rings. The first kappa shape index (κ1) is 9.20. The number of allylic oxidation sites excluding steroid dienone is 8. The van der Waals surface area contributed by atoms with Crippen molar-refractivity contribution in [2.24, 2.45) is 0 Å². The normalized spacial score (nSPS) is 20.3. The van der Waals surface area contributed by atoms with E-state index in [9.17, 15) is 4.79 Å². The Morgan fingerprint density at radius 1 is 0.857 bits per heavy atom. The van der Waals surface area contributed by atoms with E-state index in [0.29, 0.717) is 0 Å². The van der Waals surface area contributed by atoms with Gasteiger partial charge in [0, 0.05) is 0 Å². The third-order valence-electron chi connectivity index (χ3n) is 2.59. The quantitative estimate of drug-likeness (QED) is 0.605. The summed E-state index contributed by atoms with van der Waals surface area (Å²) in [5, 5.41) is 0. The van der Waals surface area contributed by atoms with Gasteiger partial charge in [0.1, 0.15) is 0 Å². The van der Waals surface area contributed by atoms with Crippen LogP contribution in [0.3, 0.4) is 0 Å². The second-order valence-electron chi connectivity index (χ2n) is 3.61. The van der Waals surface area contributed by atoms with Gasteiger partial charge in [0.25, 0.3) is 0 Å². The van der Waals surface area contributed by atoms with Crippen molar-refractivity contribution in [2.75, 3.05) is 0 Å². The highest BCUT2D eigenvalue weighted by Gasteiger charge is 2.14. The minimum Gasteiger partial charge on any atom is -0.289 e. The summed E-state index contributed by atoms with van der Waals surface area (Å²) in [6.45, 7) is 0. The van der Waals surface area contributed by atoms with Crippen molar-refractivity contribution in [3.8, 4) is 0 Å². The molecule has 0 aromatic carbocycles. The second-order valence-corrected chi connectivity index (χ2v) is 3.61. The van der Waals surface area contributed by atoms with E-state index >= 15 is 0 Å². The average Bonchev–Trinajstić information content (AvgIpc) is 2.30. The molecule has 2 aliphatic rings. The van der Waals surface area contributed by atoms with E-state index in [1.54, 1.807) is 0 Å². The molecule has 0 spiro atoms. The first-order valence-electron chi connectivity index (χ1n) is 5.10. The SMILES string of the molecule is O=C(C1=CCC=CC1)C1=CCC=CC1. The van der Waals surface area contributed by atoms with Gasteiger partial charge in [-0.25, -0.2) is 0 Å². The van der Waals surface area contributed by atoms with Crippen LogP contribution < -0.4 is 0 Å². The zero-order chi connectivity index (χ0) is 9.80. The van der Waals surface area contributed by atoms with E-state index in [1.165, 1.54) is 0 Å². The second kappa shape index (κ2) is 4.23. The standard InChI is InChI=1S/C13H14O/c14-13(11-7-3-1-4-8-11)12-9-5-2-6-10-12/h1-3,5,8,10H,4,6-7,9H2. The molecule has 0 saturated heterocycles. The van der Waals surface area contributed by atoms with Crippen molar-refractivity contribution in [3.63, 3.8) is 0 Å². The number of hydrogen-bond donors (Lipinski definition) is 0. The molecule has 0 radical (unpaired) electrons. The molecule has 0 bridgehead atoms. The highest BCUT2D eigenvalue weighted by atomic mass is 16.1. The maximum Gasteiger partial charge on any atom is 0.185 e. The lowest BCUT2D eigenvalue weighted by Gasteiger charge is -2.11. The van der Waals surface area contributed by atoms with E-state index in [4.69, 9.17) is 0 Å². The fraction of sp³-hybridized carbons (Fsp3) is 0.308. The van der Waals surface area contributed by atoms with Crippen LogP contribution in [-0.2, 0) is 4.79 Å². The molecule has 1 heteroatoms. The van der Waals surface area contributed by atoms with Gasteiger partial charge in [-0.15, -0.1) is 0 Å². The van der Waals surface area contributed by atoms with Gasteiger partial charge in [-0.2, -0.15) is 0 Å². The lowest BCUT2D eigenvalue weighted by molar-refractivity contribution is -0.112.